The fourth-order valence-corrected chi connectivity index (χ4v) is 1.95. The molecule has 0 amide bonds. The number of benzene rings is 1. The van der Waals surface area contributed by atoms with Crippen molar-refractivity contribution in [1.29, 1.82) is 0 Å². The van der Waals surface area contributed by atoms with Gasteiger partial charge in [0.05, 0.1) is 4.90 Å². The number of halogens is 6. The number of alkyl halides is 6. The van der Waals surface area contributed by atoms with Crippen LogP contribution in [-0.2, 0) is 15.3 Å². The van der Waals surface area contributed by atoms with Crippen LogP contribution >= 0.6 is 0 Å². The highest BCUT2D eigenvalue weighted by atomic mass is 32.2. The lowest BCUT2D eigenvalue weighted by Gasteiger charge is -2.21. The summed E-state index contributed by atoms with van der Waals surface area (Å²) in [5.41, 5.74) is 0.712. The first-order valence-electron chi connectivity index (χ1n) is 4.81. The summed E-state index contributed by atoms with van der Waals surface area (Å²) in [6.45, 7) is 1.65. The van der Waals surface area contributed by atoms with Crippen LogP contribution in [0.1, 0.15) is 5.56 Å². The molecule has 19 heavy (non-hydrogen) atoms. The second kappa shape index (κ2) is 5.49. The maximum atomic E-state index is 12.2. The molecule has 1 rings (SSSR count). The van der Waals surface area contributed by atoms with Crippen molar-refractivity contribution in [3.05, 3.63) is 29.8 Å². The van der Waals surface area contributed by atoms with Crippen molar-refractivity contribution in [3.63, 3.8) is 0 Å². The molecule has 1 unspecified atom stereocenters. The third kappa shape index (κ3) is 4.50. The first-order valence-corrected chi connectivity index (χ1v) is 5.88. The van der Waals surface area contributed by atoms with Crippen LogP contribution in [0.15, 0.2) is 29.2 Å². The van der Waals surface area contributed by atoms with Gasteiger partial charge in [0, 0.05) is 0 Å². The average molecular weight is 306 g/mol. The lowest BCUT2D eigenvalue weighted by molar-refractivity contribution is -0.298. The highest BCUT2D eigenvalue weighted by Gasteiger charge is 2.59. The molecule has 0 spiro atoms. The summed E-state index contributed by atoms with van der Waals surface area (Å²) in [6, 6.07) is 5.06. The van der Waals surface area contributed by atoms with E-state index in [0.29, 0.717) is 5.56 Å². The van der Waals surface area contributed by atoms with Crippen LogP contribution in [0.5, 0.6) is 0 Å². The molecular weight excluding hydrogens is 298 g/mol. The van der Waals surface area contributed by atoms with Crippen LogP contribution < -0.4 is 0 Å². The summed E-state index contributed by atoms with van der Waals surface area (Å²) in [5.74, 6) is 0. The zero-order valence-electron chi connectivity index (χ0n) is 9.38. The van der Waals surface area contributed by atoms with E-state index in [4.69, 9.17) is 0 Å². The Labute approximate surface area is 107 Å². The first-order chi connectivity index (χ1) is 8.51. The van der Waals surface area contributed by atoms with Crippen molar-refractivity contribution >= 4 is 11.1 Å². The van der Waals surface area contributed by atoms with Crippen LogP contribution in [-0.4, -0.2) is 22.7 Å². The Morgan fingerprint density at radius 2 is 1.42 bits per heavy atom. The van der Waals surface area contributed by atoms with Crippen LogP contribution in [0.4, 0.5) is 26.3 Å². The minimum absolute atomic E-state index is 0.274. The van der Waals surface area contributed by atoms with Gasteiger partial charge >= 0.3 is 12.4 Å². The van der Waals surface area contributed by atoms with Crippen molar-refractivity contribution in [2.24, 2.45) is 0 Å². The predicted molar refractivity (Wildman–Crippen MR) is 54.6 cm³/mol. The highest BCUT2D eigenvalue weighted by molar-refractivity contribution is 7.80. The van der Waals surface area contributed by atoms with Gasteiger partial charge in [0.15, 0.2) is 11.1 Å². The Kier molecular flexibility index (Phi) is 4.62. The standard InChI is InChI=1S/C10H8F6O2S/c1-6-2-4-7(5-3-6)19(17)18-8(9(11,12)13)10(14,15)16/h2-5,8H,1H3. The van der Waals surface area contributed by atoms with Crippen LogP contribution in [0, 0.1) is 6.92 Å². The van der Waals surface area contributed by atoms with E-state index in [1.54, 1.807) is 6.92 Å². The van der Waals surface area contributed by atoms with E-state index < -0.39 is 29.5 Å². The molecule has 0 aliphatic carbocycles. The first kappa shape index (κ1) is 16.0. The maximum absolute atomic E-state index is 12.2. The van der Waals surface area contributed by atoms with Crippen LogP contribution in [0.2, 0.25) is 0 Å². The molecule has 108 valence electrons. The van der Waals surface area contributed by atoms with Crippen LogP contribution in [0.3, 0.4) is 0 Å². The zero-order chi connectivity index (χ0) is 14.8. The molecule has 0 aliphatic heterocycles. The summed E-state index contributed by atoms with van der Waals surface area (Å²) >= 11 is -2.85. The van der Waals surface area contributed by atoms with Gasteiger partial charge in [-0.3, -0.25) is 4.18 Å². The third-order valence-electron chi connectivity index (χ3n) is 1.99. The Bertz CT molecular complexity index is 437. The molecule has 2 nitrogen and oxygen atoms in total. The van der Waals surface area contributed by atoms with Crippen molar-refractivity contribution in [2.75, 3.05) is 0 Å². The second-order valence-corrected chi connectivity index (χ2v) is 4.74. The molecule has 1 atom stereocenters. The van der Waals surface area contributed by atoms with Gasteiger partial charge in [-0.2, -0.15) is 26.3 Å². The smallest absolute Gasteiger partial charge is 0.264 e. The summed E-state index contributed by atoms with van der Waals surface area (Å²) in [5, 5.41) is 0. The molecule has 1 aromatic carbocycles. The summed E-state index contributed by atoms with van der Waals surface area (Å²) in [6.07, 6.45) is -15.4. The fourth-order valence-electron chi connectivity index (χ4n) is 1.09. The Morgan fingerprint density at radius 3 is 1.79 bits per heavy atom. The van der Waals surface area contributed by atoms with E-state index in [1.165, 1.54) is 12.1 Å². The number of aryl methyl sites for hydroxylation is 1. The van der Waals surface area contributed by atoms with E-state index >= 15 is 0 Å². The summed E-state index contributed by atoms with van der Waals surface area (Å²) in [4.78, 5) is -0.274. The van der Waals surface area contributed by atoms with E-state index in [2.05, 4.69) is 4.18 Å². The van der Waals surface area contributed by atoms with E-state index in [0.717, 1.165) is 12.1 Å². The van der Waals surface area contributed by atoms with E-state index in [1.807, 2.05) is 0 Å². The van der Waals surface area contributed by atoms with Gasteiger partial charge in [-0.1, -0.05) is 17.7 Å². The quantitative estimate of drug-likeness (QED) is 0.799. The van der Waals surface area contributed by atoms with Crippen molar-refractivity contribution < 1.29 is 34.7 Å². The summed E-state index contributed by atoms with van der Waals surface area (Å²) in [7, 11) is 0. The van der Waals surface area contributed by atoms with Gasteiger partial charge in [-0.15, -0.1) is 0 Å². The molecule has 9 heteroatoms. The van der Waals surface area contributed by atoms with Crippen molar-refractivity contribution in [2.45, 2.75) is 30.3 Å². The molecule has 0 radical (unpaired) electrons. The SMILES string of the molecule is Cc1ccc(S(=O)OC(C(F)(F)F)C(F)(F)F)cc1. The van der Waals surface area contributed by atoms with Gasteiger partial charge < -0.3 is 0 Å². The minimum Gasteiger partial charge on any atom is -0.264 e. The maximum Gasteiger partial charge on any atom is 0.425 e. The molecule has 0 aromatic heterocycles. The molecule has 0 saturated carbocycles. The zero-order valence-corrected chi connectivity index (χ0v) is 10.2. The van der Waals surface area contributed by atoms with Crippen molar-refractivity contribution in [3.8, 4) is 0 Å². The predicted octanol–water partition coefficient (Wildman–Crippen LogP) is 3.53. The molecule has 0 fully saturated rings. The monoisotopic (exact) mass is 306 g/mol. The van der Waals surface area contributed by atoms with Gasteiger partial charge in [0.1, 0.15) is 0 Å². The van der Waals surface area contributed by atoms with Gasteiger partial charge in [-0.25, -0.2) is 4.21 Å². The van der Waals surface area contributed by atoms with Crippen LogP contribution in [0.25, 0.3) is 0 Å². The average Bonchev–Trinajstić information content (AvgIpc) is 2.23. The normalized spacial score (nSPS) is 14.7. The molecular formula is C10H8F6O2S. The summed E-state index contributed by atoms with van der Waals surface area (Å²) < 4.78 is 88.0. The second-order valence-electron chi connectivity index (χ2n) is 3.61. The fraction of sp³-hybridized carbons (Fsp3) is 0.400. The lowest BCUT2D eigenvalue weighted by Crippen LogP contribution is -2.44. The number of rotatable bonds is 3. The van der Waals surface area contributed by atoms with Gasteiger partial charge in [0.25, 0.3) is 6.10 Å². The third-order valence-corrected chi connectivity index (χ3v) is 3.02. The lowest BCUT2D eigenvalue weighted by atomic mass is 10.2. The largest absolute Gasteiger partial charge is 0.425 e. The molecule has 1 aromatic rings. The van der Waals surface area contributed by atoms with E-state index in [-0.39, 0.29) is 4.90 Å². The number of hydrogen-bond donors (Lipinski definition) is 0. The van der Waals surface area contributed by atoms with Crippen molar-refractivity contribution in [1.82, 2.24) is 0 Å². The Balaban J connectivity index is 2.92. The Hall–Kier alpha value is -1.09. The van der Waals surface area contributed by atoms with Gasteiger partial charge in [-0.05, 0) is 19.1 Å². The molecule has 0 aliphatic rings. The topological polar surface area (TPSA) is 26.3 Å². The highest BCUT2D eigenvalue weighted by Crippen LogP contribution is 2.36. The molecule has 0 bridgehead atoms. The van der Waals surface area contributed by atoms with E-state index in [9.17, 15) is 30.6 Å². The van der Waals surface area contributed by atoms with Gasteiger partial charge in [0.2, 0.25) is 0 Å². The Morgan fingerprint density at radius 1 is 1.00 bits per heavy atom. The molecule has 0 N–H and O–H groups in total. The molecule has 0 heterocycles. The minimum atomic E-state index is -5.68. The number of hydrogen-bond acceptors (Lipinski definition) is 2. The molecule has 0 saturated heterocycles.